The fourth-order valence-corrected chi connectivity index (χ4v) is 2.50. The molecule has 0 amide bonds. The predicted molar refractivity (Wildman–Crippen MR) is 89.0 cm³/mol. The van der Waals surface area contributed by atoms with E-state index < -0.39 is 0 Å². The molecule has 2 N–H and O–H groups in total. The van der Waals surface area contributed by atoms with Gasteiger partial charge in [-0.25, -0.2) is 0 Å². The van der Waals surface area contributed by atoms with Crippen molar-refractivity contribution in [3.63, 3.8) is 0 Å². The first-order chi connectivity index (χ1) is 10.1. The number of pyridine rings is 1. The Morgan fingerprint density at radius 1 is 0.810 bits per heavy atom. The smallest absolute Gasteiger partial charge is 0.0709 e. The molecule has 21 heavy (non-hydrogen) atoms. The van der Waals surface area contributed by atoms with Crippen LogP contribution in [0, 0.1) is 13.8 Å². The Labute approximate surface area is 125 Å². The Bertz CT molecular complexity index is 774. The summed E-state index contributed by atoms with van der Waals surface area (Å²) in [6.45, 7) is 4.21. The topological polar surface area (TPSA) is 38.9 Å². The molecule has 0 spiro atoms. The van der Waals surface area contributed by atoms with Crippen molar-refractivity contribution in [3.8, 4) is 22.4 Å². The van der Waals surface area contributed by atoms with Gasteiger partial charge in [0, 0.05) is 5.56 Å². The third-order valence-electron chi connectivity index (χ3n) is 3.57. The fourth-order valence-electron chi connectivity index (χ4n) is 2.50. The van der Waals surface area contributed by atoms with Crippen LogP contribution in [0.3, 0.4) is 0 Å². The summed E-state index contributed by atoms with van der Waals surface area (Å²) in [5.74, 6) is 0. The van der Waals surface area contributed by atoms with E-state index in [1.54, 1.807) is 6.20 Å². The molecule has 3 aromatic rings. The van der Waals surface area contributed by atoms with Gasteiger partial charge < -0.3 is 5.73 Å². The first-order valence-electron chi connectivity index (χ1n) is 7.03. The number of nitrogen functional groups attached to an aromatic ring is 1. The van der Waals surface area contributed by atoms with Crippen LogP contribution in [0.25, 0.3) is 22.4 Å². The van der Waals surface area contributed by atoms with Crippen LogP contribution >= 0.6 is 0 Å². The molecule has 3 rings (SSSR count). The normalized spacial score (nSPS) is 10.6. The molecule has 0 saturated carbocycles. The van der Waals surface area contributed by atoms with Crippen LogP contribution in [-0.4, -0.2) is 4.98 Å². The zero-order valence-electron chi connectivity index (χ0n) is 12.3. The minimum absolute atomic E-state index is 0.684. The number of nitrogens with two attached hydrogens (primary N) is 1. The number of hydrogen-bond acceptors (Lipinski definition) is 2. The lowest BCUT2D eigenvalue weighted by molar-refractivity contribution is 1.32. The Kier molecular flexibility index (Phi) is 3.44. The highest BCUT2D eigenvalue weighted by Gasteiger charge is 2.09. The summed E-state index contributed by atoms with van der Waals surface area (Å²) in [6.07, 6.45) is 1.71. The van der Waals surface area contributed by atoms with Gasteiger partial charge in [0.15, 0.2) is 0 Å². The van der Waals surface area contributed by atoms with Crippen molar-refractivity contribution in [2.75, 3.05) is 5.73 Å². The van der Waals surface area contributed by atoms with Gasteiger partial charge in [0.25, 0.3) is 0 Å². The number of anilines is 1. The van der Waals surface area contributed by atoms with E-state index in [1.807, 2.05) is 12.1 Å². The Hall–Kier alpha value is -2.61. The van der Waals surface area contributed by atoms with E-state index in [4.69, 9.17) is 5.73 Å². The van der Waals surface area contributed by atoms with E-state index in [0.717, 1.165) is 11.3 Å². The van der Waals surface area contributed by atoms with E-state index in [2.05, 4.69) is 61.3 Å². The first kappa shape index (κ1) is 13.4. The number of aryl methyl sites for hydroxylation is 2. The van der Waals surface area contributed by atoms with Crippen molar-refractivity contribution in [1.29, 1.82) is 0 Å². The van der Waals surface area contributed by atoms with Gasteiger partial charge in [-0.05, 0) is 43.2 Å². The van der Waals surface area contributed by atoms with Crippen LogP contribution in [0.5, 0.6) is 0 Å². The van der Waals surface area contributed by atoms with Gasteiger partial charge in [0.2, 0.25) is 0 Å². The maximum Gasteiger partial charge on any atom is 0.0709 e. The minimum Gasteiger partial charge on any atom is -0.397 e. The molecule has 0 bridgehead atoms. The summed E-state index contributed by atoms with van der Waals surface area (Å²) in [6, 6.07) is 18.9. The second-order valence-corrected chi connectivity index (χ2v) is 5.40. The van der Waals surface area contributed by atoms with Gasteiger partial charge in [0.1, 0.15) is 0 Å². The summed E-state index contributed by atoms with van der Waals surface area (Å²) in [7, 11) is 0. The van der Waals surface area contributed by atoms with Gasteiger partial charge in [-0.1, -0.05) is 47.5 Å². The zero-order chi connectivity index (χ0) is 14.8. The summed E-state index contributed by atoms with van der Waals surface area (Å²) in [4.78, 5) is 4.47. The first-order valence-corrected chi connectivity index (χ1v) is 7.03. The van der Waals surface area contributed by atoms with Crippen LogP contribution in [0.2, 0.25) is 0 Å². The molecule has 1 aromatic heterocycles. The molecule has 1 heterocycles. The highest BCUT2D eigenvalue weighted by Crippen LogP contribution is 2.32. The van der Waals surface area contributed by atoms with Crippen LogP contribution in [-0.2, 0) is 0 Å². The molecular formula is C19H18N2. The van der Waals surface area contributed by atoms with Crippen molar-refractivity contribution in [3.05, 3.63) is 71.9 Å². The van der Waals surface area contributed by atoms with Crippen LogP contribution < -0.4 is 5.73 Å². The van der Waals surface area contributed by atoms with Gasteiger partial charge in [-0.15, -0.1) is 0 Å². The summed E-state index contributed by atoms with van der Waals surface area (Å²) in [5.41, 5.74) is 13.4. The molecule has 0 unspecified atom stereocenters. The molecule has 0 saturated heterocycles. The maximum atomic E-state index is 5.74. The molecule has 104 valence electrons. The highest BCUT2D eigenvalue weighted by molar-refractivity contribution is 5.82. The summed E-state index contributed by atoms with van der Waals surface area (Å²) >= 11 is 0. The zero-order valence-corrected chi connectivity index (χ0v) is 12.3. The van der Waals surface area contributed by atoms with Crippen molar-refractivity contribution in [2.45, 2.75) is 13.8 Å². The van der Waals surface area contributed by atoms with Crippen molar-refractivity contribution < 1.29 is 0 Å². The average Bonchev–Trinajstić information content (AvgIpc) is 2.48. The predicted octanol–water partition coefficient (Wildman–Crippen LogP) is 4.61. The van der Waals surface area contributed by atoms with Crippen LogP contribution in [0.15, 0.2) is 60.8 Å². The Morgan fingerprint density at radius 2 is 1.62 bits per heavy atom. The number of nitrogens with zero attached hydrogens (tertiary/aromatic N) is 1. The quantitative estimate of drug-likeness (QED) is 0.741. The average molecular weight is 274 g/mol. The standard InChI is InChI=1S/C19H18N2/c1-13-4-3-5-15(10-13)17-8-6-14(2)11-18(17)19-9-7-16(20)12-21-19/h3-12H,20H2,1-2H3. The van der Waals surface area contributed by atoms with Crippen molar-refractivity contribution in [2.24, 2.45) is 0 Å². The molecule has 0 aliphatic carbocycles. The van der Waals surface area contributed by atoms with Crippen LogP contribution in [0.1, 0.15) is 11.1 Å². The Balaban J connectivity index is 2.20. The summed E-state index contributed by atoms with van der Waals surface area (Å²) in [5, 5.41) is 0. The van der Waals surface area contributed by atoms with Crippen molar-refractivity contribution >= 4 is 5.69 Å². The SMILES string of the molecule is Cc1cccc(-c2ccc(C)cc2-c2ccc(N)cn2)c1. The maximum absolute atomic E-state index is 5.74. The van der Waals surface area contributed by atoms with E-state index in [9.17, 15) is 0 Å². The van der Waals surface area contributed by atoms with Crippen LogP contribution in [0.4, 0.5) is 5.69 Å². The summed E-state index contributed by atoms with van der Waals surface area (Å²) < 4.78 is 0. The van der Waals surface area contributed by atoms with Gasteiger partial charge in [-0.3, -0.25) is 4.98 Å². The largest absolute Gasteiger partial charge is 0.397 e. The lowest BCUT2D eigenvalue weighted by Crippen LogP contribution is -1.92. The lowest BCUT2D eigenvalue weighted by Gasteiger charge is -2.11. The van der Waals surface area contributed by atoms with E-state index >= 15 is 0 Å². The monoisotopic (exact) mass is 274 g/mol. The fraction of sp³-hybridized carbons (Fsp3) is 0.105. The molecule has 2 heteroatoms. The molecule has 0 fully saturated rings. The molecule has 2 aromatic carbocycles. The second-order valence-electron chi connectivity index (χ2n) is 5.40. The van der Waals surface area contributed by atoms with E-state index in [0.29, 0.717) is 5.69 Å². The highest BCUT2D eigenvalue weighted by atomic mass is 14.7. The van der Waals surface area contributed by atoms with Gasteiger partial charge >= 0.3 is 0 Å². The van der Waals surface area contributed by atoms with Gasteiger partial charge in [0.05, 0.1) is 17.6 Å². The number of benzene rings is 2. The van der Waals surface area contributed by atoms with E-state index in [1.165, 1.54) is 22.3 Å². The molecule has 0 aliphatic heterocycles. The molecule has 0 radical (unpaired) electrons. The third kappa shape index (κ3) is 2.79. The minimum atomic E-state index is 0.684. The lowest BCUT2D eigenvalue weighted by atomic mass is 9.94. The molecule has 0 aliphatic rings. The molecule has 2 nitrogen and oxygen atoms in total. The second kappa shape index (κ2) is 5.41. The van der Waals surface area contributed by atoms with E-state index in [-0.39, 0.29) is 0 Å². The Morgan fingerprint density at radius 3 is 2.33 bits per heavy atom. The van der Waals surface area contributed by atoms with Crippen molar-refractivity contribution in [1.82, 2.24) is 4.98 Å². The number of hydrogen-bond donors (Lipinski definition) is 1. The number of rotatable bonds is 2. The van der Waals surface area contributed by atoms with Gasteiger partial charge in [-0.2, -0.15) is 0 Å². The molecular weight excluding hydrogens is 256 g/mol. The third-order valence-corrected chi connectivity index (χ3v) is 3.57. The number of aromatic nitrogens is 1. The molecule has 0 atom stereocenters.